The summed E-state index contributed by atoms with van der Waals surface area (Å²) in [5.74, 6) is 0. The quantitative estimate of drug-likeness (QED) is 0.805. The molecule has 1 fully saturated rings. The van der Waals surface area contributed by atoms with E-state index in [1.54, 1.807) is 6.20 Å². The second kappa shape index (κ2) is 3.75. The van der Waals surface area contributed by atoms with Crippen LogP contribution in [0.4, 0.5) is 0 Å². The molecular weight excluding hydrogens is 202 g/mol. The first-order valence-electron chi connectivity index (χ1n) is 5.58. The molecule has 0 unspecified atom stereocenters. The first kappa shape index (κ1) is 9.59. The summed E-state index contributed by atoms with van der Waals surface area (Å²) in [6.07, 6.45) is 6.30. The summed E-state index contributed by atoms with van der Waals surface area (Å²) in [5.41, 5.74) is 3.34. The van der Waals surface area contributed by atoms with E-state index in [0.717, 1.165) is 17.9 Å². The minimum absolute atomic E-state index is 0.717. The van der Waals surface area contributed by atoms with E-state index in [4.69, 9.17) is 0 Å². The largest absolute Gasteiger partial charge is 0.310 e. The fourth-order valence-corrected chi connectivity index (χ4v) is 1.83. The monoisotopic (exact) mass is 217 g/mol. The first-order valence-corrected chi connectivity index (χ1v) is 5.58. The lowest BCUT2D eigenvalue weighted by atomic mass is 10.2. The number of rotatable bonds is 4. The van der Waals surface area contributed by atoms with E-state index in [-0.39, 0.29) is 0 Å². The Labute approximate surface area is 93.9 Å². The lowest BCUT2D eigenvalue weighted by Crippen LogP contribution is -2.15. The Morgan fingerprint density at radius 2 is 2.44 bits per heavy atom. The van der Waals surface area contributed by atoms with Gasteiger partial charge in [0.05, 0.1) is 17.6 Å². The fraction of sp³-hybridized carbons (Fsp3) is 0.455. The van der Waals surface area contributed by atoms with E-state index in [9.17, 15) is 0 Å². The smallest absolute Gasteiger partial charge is 0.0876 e. The molecular formula is C11H15N5. The van der Waals surface area contributed by atoms with Gasteiger partial charge in [-0.1, -0.05) is 0 Å². The Balaban J connectivity index is 1.83. The second-order valence-electron chi connectivity index (χ2n) is 4.27. The summed E-state index contributed by atoms with van der Waals surface area (Å²) in [6.45, 7) is 0.877. The molecule has 3 rings (SSSR count). The average Bonchev–Trinajstić information content (AvgIpc) is 2.83. The van der Waals surface area contributed by atoms with Crippen molar-refractivity contribution in [1.82, 2.24) is 25.3 Å². The molecule has 0 aromatic carbocycles. The SMILES string of the molecule is Cn1nccc1-c1[nH]ncc1CNC1CC1. The highest BCUT2D eigenvalue weighted by atomic mass is 15.3. The van der Waals surface area contributed by atoms with Gasteiger partial charge in [-0.15, -0.1) is 0 Å². The van der Waals surface area contributed by atoms with Crippen LogP contribution in [-0.2, 0) is 13.6 Å². The van der Waals surface area contributed by atoms with Crippen LogP contribution in [-0.4, -0.2) is 26.0 Å². The number of aromatic amines is 1. The van der Waals surface area contributed by atoms with Gasteiger partial charge in [-0.2, -0.15) is 10.2 Å². The van der Waals surface area contributed by atoms with Crippen molar-refractivity contribution in [1.29, 1.82) is 0 Å². The van der Waals surface area contributed by atoms with E-state index in [1.807, 2.05) is 24.0 Å². The number of nitrogens with one attached hydrogen (secondary N) is 2. The molecule has 0 radical (unpaired) electrons. The van der Waals surface area contributed by atoms with Crippen molar-refractivity contribution in [2.45, 2.75) is 25.4 Å². The molecule has 0 spiro atoms. The van der Waals surface area contributed by atoms with Crippen LogP contribution < -0.4 is 5.32 Å². The highest BCUT2D eigenvalue weighted by Gasteiger charge is 2.21. The summed E-state index contributed by atoms with van der Waals surface area (Å²) < 4.78 is 1.86. The van der Waals surface area contributed by atoms with Gasteiger partial charge >= 0.3 is 0 Å². The predicted octanol–water partition coefficient (Wildman–Crippen LogP) is 1.06. The zero-order valence-electron chi connectivity index (χ0n) is 9.27. The minimum Gasteiger partial charge on any atom is -0.310 e. The maximum atomic E-state index is 4.17. The normalized spacial score (nSPS) is 15.6. The number of aromatic nitrogens is 4. The van der Waals surface area contributed by atoms with Gasteiger partial charge < -0.3 is 5.32 Å². The molecule has 0 saturated heterocycles. The Hall–Kier alpha value is -1.62. The topological polar surface area (TPSA) is 58.5 Å². The van der Waals surface area contributed by atoms with Crippen LogP contribution in [0.5, 0.6) is 0 Å². The van der Waals surface area contributed by atoms with Gasteiger partial charge in [0.15, 0.2) is 0 Å². The average molecular weight is 217 g/mol. The number of nitrogens with zero attached hydrogens (tertiary/aromatic N) is 3. The molecule has 84 valence electrons. The third-order valence-corrected chi connectivity index (χ3v) is 2.95. The summed E-state index contributed by atoms with van der Waals surface area (Å²) in [7, 11) is 1.94. The van der Waals surface area contributed by atoms with Gasteiger partial charge in [-0.3, -0.25) is 9.78 Å². The number of hydrogen-bond acceptors (Lipinski definition) is 3. The molecule has 1 saturated carbocycles. The number of H-pyrrole nitrogens is 1. The van der Waals surface area contributed by atoms with Crippen LogP contribution in [0.25, 0.3) is 11.4 Å². The third kappa shape index (κ3) is 1.74. The molecule has 5 nitrogen and oxygen atoms in total. The molecule has 0 atom stereocenters. The molecule has 0 bridgehead atoms. The van der Waals surface area contributed by atoms with Crippen LogP contribution >= 0.6 is 0 Å². The number of hydrogen-bond donors (Lipinski definition) is 2. The minimum atomic E-state index is 0.717. The van der Waals surface area contributed by atoms with Crippen molar-refractivity contribution in [3.8, 4) is 11.4 Å². The standard InChI is InChI=1S/C11H15N5/c1-16-10(4-5-14-16)11-8(7-13-15-11)6-12-9-2-3-9/h4-5,7,9,12H,2-3,6H2,1H3,(H,13,15). The molecule has 16 heavy (non-hydrogen) atoms. The van der Waals surface area contributed by atoms with E-state index < -0.39 is 0 Å². The maximum absolute atomic E-state index is 4.17. The lowest BCUT2D eigenvalue weighted by Gasteiger charge is -2.04. The van der Waals surface area contributed by atoms with Crippen molar-refractivity contribution in [2.75, 3.05) is 0 Å². The Bertz CT molecular complexity index is 480. The molecule has 2 heterocycles. The first-order chi connectivity index (χ1) is 7.84. The van der Waals surface area contributed by atoms with Crippen molar-refractivity contribution in [2.24, 2.45) is 7.05 Å². The van der Waals surface area contributed by atoms with Gasteiger partial charge in [-0.25, -0.2) is 0 Å². The molecule has 1 aliphatic carbocycles. The molecule has 1 aliphatic rings. The summed E-state index contributed by atoms with van der Waals surface area (Å²) in [5, 5.41) is 14.8. The third-order valence-electron chi connectivity index (χ3n) is 2.95. The summed E-state index contributed by atoms with van der Waals surface area (Å²) >= 11 is 0. The predicted molar refractivity (Wildman–Crippen MR) is 60.7 cm³/mol. The number of aryl methyl sites for hydroxylation is 1. The fourth-order valence-electron chi connectivity index (χ4n) is 1.83. The van der Waals surface area contributed by atoms with Crippen LogP contribution in [0.2, 0.25) is 0 Å². The highest BCUT2D eigenvalue weighted by molar-refractivity contribution is 5.58. The van der Waals surface area contributed by atoms with Crippen LogP contribution in [0, 0.1) is 0 Å². The zero-order chi connectivity index (χ0) is 11.0. The Morgan fingerprint density at radius 3 is 3.12 bits per heavy atom. The van der Waals surface area contributed by atoms with Crippen molar-refractivity contribution >= 4 is 0 Å². The van der Waals surface area contributed by atoms with Gasteiger partial charge in [0.2, 0.25) is 0 Å². The molecule has 0 aliphatic heterocycles. The maximum Gasteiger partial charge on any atom is 0.0876 e. The summed E-state index contributed by atoms with van der Waals surface area (Å²) in [6, 6.07) is 2.71. The summed E-state index contributed by atoms with van der Waals surface area (Å²) in [4.78, 5) is 0. The zero-order valence-corrected chi connectivity index (χ0v) is 9.27. The van der Waals surface area contributed by atoms with E-state index >= 15 is 0 Å². The lowest BCUT2D eigenvalue weighted by molar-refractivity contribution is 0.687. The Morgan fingerprint density at radius 1 is 1.56 bits per heavy atom. The van der Waals surface area contributed by atoms with Crippen molar-refractivity contribution in [3.05, 3.63) is 24.0 Å². The van der Waals surface area contributed by atoms with Gasteiger partial charge in [-0.05, 0) is 18.9 Å². The van der Waals surface area contributed by atoms with Gasteiger partial charge in [0, 0.05) is 31.4 Å². The molecule has 2 aromatic rings. The molecule has 2 aromatic heterocycles. The Kier molecular flexibility index (Phi) is 2.25. The van der Waals surface area contributed by atoms with Gasteiger partial charge in [0.25, 0.3) is 0 Å². The van der Waals surface area contributed by atoms with Gasteiger partial charge in [0.1, 0.15) is 0 Å². The van der Waals surface area contributed by atoms with E-state index in [2.05, 4.69) is 20.6 Å². The van der Waals surface area contributed by atoms with Crippen LogP contribution in [0.3, 0.4) is 0 Å². The van der Waals surface area contributed by atoms with Crippen LogP contribution in [0.15, 0.2) is 18.5 Å². The van der Waals surface area contributed by atoms with E-state index in [1.165, 1.54) is 18.4 Å². The molecule has 2 N–H and O–H groups in total. The highest BCUT2D eigenvalue weighted by Crippen LogP contribution is 2.23. The second-order valence-corrected chi connectivity index (χ2v) is 4.27. The van der Waals surface area contributed by atoms with Crippen molar-refractivity contribution in [3.63, 3.8) is 0 Å². The molecule has 5 heteroatoms. The van der Waals surface area contributed by atoms with E-state index in [0.29, 0.717) is 6.04 Å². The molecule has 0 amide bonds. The van der Waals surface area contributed by atoms with Crippen LogP contribution in [0.1, 0.15) is 18.4 Å². The van der Waals surface area contributed by atoms with Crippen molar-refractivity contribution < 1.29 is 0 Å².